The number of halogens is 2. The highest BCUT2D eigenvalue weighted by Crippen LogP contribution is 2.27. The molecule has 0 N–H and O–H groups in total. The number of nitriles is 1. The van der Waals surface area contributed by atoms with E-state index in [-0.39, 0.29) is 11.7 Å². The molecule has 2 rings (SSSR count). The smallest absolute Gasteiger partial charge is 0.127 e. The lowest BCUT2D eigenvalue weighted by Crippen LogP contribution is -2.34. The molecule has 0 atom stereocenters. The molecule has 0 aromatic heterocycles. The van der Waals surface area contributed by atoms with Gasteiger partial charge in [-0.1, -0.05) is 0 Å². The number of nitrogens with zero attached hydrogens (tertiary/aromatic N) is 2. The summed E-state index contributed by atoms with van der Waals surface area (Å²) >= 11 is 0. The Hall–Kier alpha value is -1.47. The van der Waals surface area contributed by atoms with Crippen molar-refractivity contribution < 1.29 is 8.78 Å². The summed E-state index contributed by atoms with van der Waals surface area (Å²) in [6, 6.07) is 6.22. The van der Waals surface area contributed by atoms with Gasteiger partial charge in [-0.2, -0.15) is 5.26 Å². The van der Waals surface area contributed by atoms with Crippen LogP contribution < -0.4 is 0 Å². The van der Waals surface area contributed by atoms with E-state index in [2.05, 4.69) is 11.0 Å². The largest absolute Gasteiger partial charge is 0.299 e. The molecule has 0 unspecified atom stereocenters. The normalized spacial score (nSPS) is 23.3. The molecule has 0 spiro atoms. The fourth-order valence-corrected chi connectivity index (χ4v) is 2.71. The predicted molar refractivity (Wildman–Crippen MR) is 69.2 cm³/mol. The summed E-state index contributed by atoms with van der Waals surface area (Å²) in [6.45, 7) is 0.408. The van der Waals surface area contributed by atoms with Gasteiger partial charge in [-0.15, -0.1) is 0 Å². The van der Waals surface area contributed by atoms with Gasteiger partial charge >= 0.3 is 0 Å². The van der Waals surface area contributed by atoms with E-state index >= 15 is 0 Å². The van der Waals surface area contributed by atoms with Crippen molar-refractivity contribution in [3.8, 4) is 6.07 Å². The number of hydrogen-bond acceptors (Lipinski definition) is 2. The minimum atomic E-state index is -0.405. The van der Waals surface area contributed by atoms with Gasteiger partial charge < -0.3 is 0 Å². The maximum Gasteiger partial charge on any atom is 0.127 e. The molecule has 0 saturated heterocycles. The van der Waals surface area contributed by atoms with E-state index in [1.54, 1.807) is 0 Å². The van der Waals surface area contributed by atoms with Gasteiger partial charge in [-0.3, -0.25) is 4.90 Å². The first-order chi connectivity index (χ1) is 9.10. The lowest BCUT2D eigenvalue weighted by molar-refractivity contribution is 0.170. The quantitative estimate of drug-likeness (QED) is 0.835. The Balaban J connectivity index is 1.96. The zero-order valence-electron chi connectivity index (χ0n) is 11.1. The van der Waals surface area contributed by atoms with Gasteiger partial charge in [-0.05, 0) is 50.9 Å². The van der Waals surface area contributed by atoms with Gasteiger partial charge in [0.05, 0.1) is 6.07 Å². The van der Waals surface area contributed by atoms with Crippen molar-refractivity contribution in [2.24, 2.45) is 5.92 Å². The second kappa shape index (κ2) is 6.12. The summed E-state index contributed by atoms with van der Waals surface area (Å²) in [4.78, 5) is 2.06. The molecular formula is C15H18F2N2. The number of hydrogen-bond donors (Lipinski definition) is 0. The minimum absolute atomic E-state index is 0.163. The molecule has 1 aliphatic rings. The van der Waals surface area contributed by atoms with Crippen molar-refractivity contribution in [2.75, 3.05) is 7.05 Å². The van der Waals surface area contributed by atoms with E-state index in [1.165, 1.54) is 12.1 Å². The van der Waals surface area contributed by atoms with E-state index in [4.69, 9.17) is 5.26 Å². The molecule has 1 fully saturated rings. The summed E-state index contributed by atoms with van der Waals surface area (Å²) < 4.78 is 26.7. The van der Waals surface area contributed by atoms with Crippen LogP contribution in [0.1, 0.15) is 31.2 Å². The molecule has 19 heavy (non-hydrogen) atoms. The molecule has 102 valence electrons. The summed E-state index contributed by atoms with van der Waals surface area (Å²) in [5, 5.41) is 8.86. The third-order valence-corrected chi connectivity index (χ3v) is 3.93. The van der Waals surface area contributed by atoms with Crippen LogP contribution in [0.4, 0.5) is 8.78 Å². The van der Waals surface area contributed by atoms with Crippen molar-refractivity contribution in [2.45, 2.75) is 38.3 Å². The molecule has 1 aromatic carbocycles. The maximum atomic E-state index is 13.6. The minimum Gasteiger partial charge on any atom is -0.299 e. The van der Waals surface area contributed by atoms with Gasteiger partial charge in [0.1, 0.15) is 11.6 Å². The van der Waals surface area contributed by atoms with E-state index in [1.807, 2.05) is 7.05 Å². The Morgan fingerprint density at radius 3 is 2.58 bits per heavy atom. The third-order valence-electron chi connectivity index (χ3n) is 3.93. The van der Waals surface area contributed by atoms with Crippen molar-refractivity contribution in [3.63, 3.8) is 0 Å². The molecule has 0 heterocycles. The number of rotatable bonds is 3. The van der Waals surface area contributed by atoms with Gasteiger partial charge in [0.15, 0.2) is 0 Å². The Morgan fingerprint density at radius 1 is 1.26 bits per heavy atom. The first-order valence-electron chi connectivity index (χ1n) is 6.64. The zero-order chi connectivity index (χ0) is 13.8. The Labute approximate surface area is 112 Å². The monoisotopic (exact) mass is 264 g/mol. The maximum absolute atomic E-state index is 13.6. The summed E-state index contributed by atoms with van der Waals surface area (Å²) in [5.74, 6) is -0.604. The van der Waals surface area contributed by atoms with Crippen LogP contribution in [0.25, 0.3) is 0 Å². The SMILES string of the molecule is CN(Cc1cc(F)ccc1F)C1CCC(C#N)CC1. The van der Waals surface area contributed by atoms with Crippen LogP contribution in [-0.4, -0.2) is 18.0 Å². The number of benzene rings is 1. The van der Waals surface area contributed by atoms with Crippen LogP contribution in [0.15, 0.2) is 18.2 Å². The third kappa shape index (κ3) is 3.51. The van der Waals surface area contributed by atoms with E-state index in [9.17, 15) is 8.78 Å². The molecule has 0 radical (unpaired) electrons. The molecule has 0 aliphatic heterocycles. The van der Waals surface area contributed by atoms with Crippen molar-refractivity contribution >= 4 is 0 Å². The van der Waals surface area contributed by atoms with E-state index in [0.717, 1.165) is 31.7 Å². The van der Waals surface area contributed by atoms with Crippen molar-refractivity contribution in [1.29, 1.82) is 5.26 Å². The molecule has 1 aromatic rings. The second-order valence-electron chi connectivity index (χ2n) is 5.29. The lowest BCUT2D eigenvalue weighted by Gasteiger charge is -2.32. The molecule has 1 aliphatic carbocycles. The molecule has 2 nitrogen and oxygen atoms in total. The highest BCUT2D eigenvalue weighted by atomic mass is 19.1. The van der Waals surface area contributed by atoms with Crippen molar-refractivity contribution in [3.05, 3.63) is 35.4 Å². The molecule has 0 amide bonds. The van der Waals surface area contributed by atoms with Gasteiger partial charge in [-0.25, -0.2) is 8.78 Å². The standard InChI is InChI=1S/C15H18F2N2/c1-19(14-5-2-11(9-18)3-6-14)10-12-8-13(16)4-7-15(12)17/h4,7-8,11,14H,2-3,5-6,10H2,1H3. The zero-order valence-corrected chi connectivity index (χ0v) is 11.1. The fraction of sp³-hybridized carbons (Fsp3) is 0.533. The first kappa shape index (κ1) is 14.0. The average Bonchev–Trinajstić information content (AvgIpc) is 2.43. The van der Waals surface area contributed by atoms with Crippen LogP contribution in [0.2, 0.25) is 0 Å². The van der Waals surface area contributed by atoms with Gasteiger partial charge in [0.25, 0.3) is 0 Å². The van der Waals surface area contributed by atoms with Crippen LogP contribution >= 0.6 is 0 Å². The van der Waals surface area contributed by atoms with Crippen LogP contribution in [-0.2, 0) is 6.54 Å². The van der Waals surface area contributed by atoms with E-state index < -0.39 is 5.82 Å². The predicted octanol–water partition coefficient (Wildman–Crippen LogP) is 3.48. The molecular weight excluding hydrogens is 246 g/mol. The Morgan fingerprint density at radius 2 is 1.95 bits per heavy atom. The van der Waals surface area contributed by atoms with Gasteiger partial charge in [0.2, 0.25) is 0 Å². The van der Waals surface area contributed by atoms with E-state index in [0.29, 0.717) is 18.2 Å². The summed E-state index contributed by atoms with van der Waals surface area (Å²) in [6.07, 6.45) is 3.70. The molecule has 1 saturated carbocycles. The average molecular weight is 264 g/mol. The Kier molecular flexibility index (Phi) is 4.49. The van der Waals surface area contributed by atoms with Crippen LogP contribution in [0.5, 0.6) is 0 Å². The highest BCUT2D eigenvalue weighted by molar-refractivity contribution is 5.18. The highest BCUT2D eigenvalue weighted by Gasteiger charge is 2.24. The van der Waals surface area contributed by atoms with Crippen LogP contribution in [0.3, 0.4) is 0 Å². The Bertz CT molecular complexity index is 474. The van der Waals surface area contributed by atoms with Crippen LogP contribution in [0, 0.1) is 28.9 Å². The summed E-state index contributed by atoms with van der Waals surface area (Å²) in [5.41, 5.74) is 0.393. The second-order valence-corrected chi connectivity index (χ2v) is 5.29. The lowest BCUT2D eigenvalue weighted by atomic mass is 9.86. The fourth-order valence-electron chi connectivity index (χ4n) is 2.71. The summed E-state index contributed by atoms with van der Waals surface area (Å²) in [7, 11) is 1.93. The first-order valence-corrected chi connectivity index (χ1v) is 6.64. The molecule has 4 heteroatoms. The van der Waals surface area contributed by atoms with Crippen molar-refractivity contribution in [1.82, 2.24) is 4.90 Å². The topological polar surface area (TPSA) is 27.0 Å². The van der Waals surface area contributed by atoms with Gasteiger partial charge in [0, 0.05) is 24.1 Å². The molecule has 0 bridgehead atoms.